The van der Waals surface area contributed by atoms with Gasteiger partial charge in [-0.3, -0.25) is 14.4 Å². The second-order valence-electron chi connectivity index (χ2n) is 11.3. The van der Waals surface area contributed by atoms with Crippen molar-refractivity contribution >= 4 is 35.6 Å². The summed E-state index contributed by atoms with van der Waals surface area (Å²) in [6.07, 6.45) is 5.56. The Morgan fingerprint density at radius 1 is 0.455 bits per heavy atom. The van der Waals surface area contributed by atoms with E-state index in [1.165, 1.54) is 6.42 Å². The van der Waals surface area contributed by atoms with Crippen molar-refractivity contribution < 1.29 is 14.4 Å². The van der Waals surface area contributed by atoms with Gasteiger partial charge in [0.1, 0.15) is 0 Å². The summed E-state index contributed by atoms with van der Waals surface area (Å²) >= 11 is 0. The van der Waals surface area contributed by atoms with Gasteiger partial charge in [0, 0.05) is 97.8 Å². The van der Waals surface area contributed by atoms with Crippen LogP contribution >= 0.6 is 0 Å². The van der Waals surface area contributed by atoms with Gasteiger partial charge in [-0.15, -0.1) is 0 Å². The van der Waals surface area contributed by atoms with Gasteiger partial charge in [0.2, 0.25) is 35.6 Å². The SMILES string of the molecule is CC.CCC.CCCC(=O)N1CCN(c2nc(N3CCN(C(=O)CCC)CC3)nc(N3CCN(C(=O)CCC)CC3)n2)CC1. The third kappa shape index (κ3) is 10.8. The van der Waals surface area contributed by atoms with Crippen LogP contribution in [0.1, 0.15) is 93.4 Å². The summed E-state index contributed by atoms with van der Waals surface area (Å²) in [6.45, 7) is 22.4. The van der Waals surface area contributed by atoms with Crippen LogP contribution in [0.2, 0.25) is 0 Å². The van der Waals surface area contributed by atoms with Crippen LogP contribution in [0.4, 0.5) is 17.8 Å². The van der Waals surface area contributed by atoms with E-state index in [1.807, 2.05) is 49.3 Å². The maximum atomic E-state index is 12.4. The third-order valence-corrected chi connectivity index (χ3v) is 7.74. The predicted octanol–water partition coefficient (Wildman–Crippen LogP) is 3.66. The normalized spacial score (nSPS) is 17.0. The van der Waals surface area contributed by atoms with Gasteiger partial charge in [-0.1, -0.05) is 54.9 Å². The molecule has 0 aromatic carbocycles. The molecule has 0 unspecified atom stereocenters. The van der Waals surface area contributed by atoms with Crippen molar-refractivity contribution in [2.24, 2.45) is 0 Å². The fourth-order valence-electron chi connectivity index (χ4n) is 5.35. The molecule has 12 heteroatoms. The number of nitrogens with zero attached hydrogens (tertiary/aromatic N) is 9. The van der Waals surface area contributed by atoms with Crippen LogP contribution in [0, 0.1) is 0 Å². The molecule has 3 amide bonds. The van der Waals surface area contributed by atoms with Crippen molar-refractivity contribution in [2.75, 3.05) is 93.2 Å². The molecule has 0 aliphatic carbocycles. The average Bonchev–Trinajstić information content (AvgIpc) is 3.06. The maximum Gasteiger partial charge on any atom is 0.232 e. The lowest BCUT2D eigenvalue weighted by Gasteiger charge is -2.38. The number of hydrogen-bond acceptors (Lipinski definition) is 9. The van der Waals surface area contributed by atoms with E-state index in [0.29, 0.717) is 116 Å². The van der Waals surface area contributed by atoms with Crippen molar-refractivity contribution in [1.29, 1.82) is 0 Å². The van der Waals surface area contributed by atoms with Crippen molar-refractivity contribution in [2.45, 2.75) is 93.4 Å². The zero-order chi connectivity index (χ0) is 32.5. The lowest BCUT2D eigenvalue weighted by Crippen LogP contribution is -2.51. The Morgan fingerprint density at radius 2 is 0.659 bits per heavy atom. The van der Waals surface area contributed by atoms with Gasteiger partial charge >= 0.3 is 0 Å². The number of aromatic nitrogens is 3. The van der Waals surface area contributed by atoms with E-state index in [0.717, 1.165) is 19.3 Å². The molecule has 4 rings (SSSR count). The minimum atomic E-state index is 0.208. The van der Waals surface area contributed by atoms with Gasteiger partial charge in [-0.2, -0.15) is 15.0 Å². The highest BCUT2D eigenvalue weighted by Gasteiger charge is 2.29. The fourth-order valence-corrected chi connectivity index (χ4v) is 5.35. The van der Waals surface area contributed by atoms with E-state index in [9.17, 15) is 14.4 Å². The van der Waals surface area contributed by atoms with E-state index >= 15 is 0 Å². The zero-order valence-corrected chi connectivity index (χ0v) is 28.7. The lowest BCUT2D eigenvalue weighted by molar-refractivity contribution is -0.132. The topological polar surface area (TPSA) is 109 Å². The van der Waals surface area contributed by atoms with Crippen LogP contribution in [0.5, 0.6) is 0 Å². The number of anilines is 3. The highest BCUT2D eigenvalue weighted by atomic mass is 16.2. The Kier molecular flexibility index (Phi) is 16.8. The molecule has 3 fully saturated rings. The number of piperazine rings is 3. The summed E-state index contributed by atoms with van der Waals surface area (Å²) < 4.78 is 0. The molecule has 3 aliphatic rings. The Balaban J connectivity index is 0.00000127. The first-order chi connectivity index (χ1) is 21.3. The van der Waals surface area contributed by atoms with E-state index in [1.54, 1.807) is 0 Å². The number of carbonyl (C=O) groups is 3. The van der Waals surface area contributed by atoms with Crippen LogP contribution in [0.15, 0.2) is 0 Å². The Hall–Kier alpha value is -3.18. The molecule has 0 saturated carbocycles. The zero-order valence-electron chi connectivity index (χ0n) is 28.7. The largest absolute Gasteiger partial charge is 0.339 e. The molecule has 0 atom stereocenters. The minimum absolute atomic E-state index is 0.208. The third-order valence-electron chi connectivity index (χ3n) is 7.74. The molecule has 1 aromatic rings. The van der Waals surface area contributed by atoms with Gasteiger partial charge in [0.05, 0.1) is 0 Å². The monoisotopic (exact) mass is 617 g/mol. The lowest BCUT2D eigenvalue weighted by atomic mass is 10.2. The van der Waals surface area contributed by atoms with Crippen molar-refractivity contribution in [1.82, 2.24) is 29.7 Å². The van der Waals surface area contributed by atoms with Crippen molar-refractivity contribution in [3.8, 4) is 0 Å². The molecular weight excluding hydrogens is 558 g/mol. The van der Waals surface area contributed by atoms with Gasteiger partial charge in [0.15, 0.2) is 0 Å². The number of amides is 3. The van der Waals surface area contributed by atoms with E-state index in [2.05, 4.69) is 28.5 Å². The first-order valence-corrected chi connectivity index (χ1v) is 17.2. The van der Waals surface area contributed by atoms with Gasteiger partial charge in [0.25, 0.3) is 0 Å². The molecule has 0 spiro atoms. The summed E-state index contributed by atoms with van der Waals surface area (Å²) in [6, 6.07) is 0. The molecule has 1 aromatic heterocycles. The summed E-state index contributed by atoms with van der Waals surface area (Å²) in [7, 11) is 0. The minimum Gasteiger partial charge on any atom is -0.339 e. The Labute approximate surface area is 266 Å². The van der Waals surface area contributed by atoms with E-state index < -0.39 is 0 Å². The Bertz CT molecular complexity index is 865. The molecular formula is C32H59N9O3. The number of hydrogen-bond donors (Lipinski definition) is 0. The van der Waals surface area contributed by atoms with E-state index in [-0.39, 0.29) is 17.7 Å². The summed E-state index contributed by atoms with van der Waals surface area (Å²) in [5.74, 6) is 2.52. The fraction of sp³-hybridized carbons (Fsp3) is 0.812. The molecule has 0 radical (unpaired) electrons. The van der Waals surface area contributed by atoms with Gasteiger partial charge in [-0.05, 0) is 19.3 Å². The Morgan fingerprint density at radius 3 is 0.841 bits per heavy atom. The summed E-state index contributed by atoms with van der Waals surface area (Å²) in [5.41, 5.74) is 0. The van der Waals surface area contributed by atoms with Crippen molar-refractivity contribution in [3.05, 3.63) is 0 Å². The number of rotatable bonds is 9. The molecule has 250 valence electrons. The van der Waals surface area contributed by atoms with Crippen LogP contribution in [0.25, 0.3) is 0 Å². The van der Waals surface area contributed by atoms with Gasteiger partial charge < -0.3 is 29.4 Å². The maximum absolute atomic E-state index is 12.4. The second kappa shape index (κ2) is 20.0. The molecule has 4 heterocycles. The van der Waals surface area contributed by atoms with Crippen LogP contribution in [0.3, 0.4) is 0 Å². The quantitative estimate of drug-likeness (QED) is 0.410. The second-order valence-corrected chi connectivity index (χ2v) is 11.3. The first-order valence-electron chi connectivity index (χ1n) is 17.2. The molecule has 44 heavy (non-hydrogen) atoms. The average molecular weight is 618 g/mol. The first kappa shape index (κ1) is 37.0. The standard InChI is InChI=1S/C27H45N9O3.C3H8.C2H6/c1-4-7-22(37)31-10-16-34(17-11-31)25-28-26(35-18-12-32(13-19-35)23(38)8-5-2)30-27(29-25)36-20-14-33(15-21-36)24(39)9-6-3;1-3-2;1-2/h4-21H2,1-3H3;3H2,1-2H3;1-2H3. The number of carbonyl (C=O) groups excluding carboxylic acids is 3. The molecule has 0 N–H and O–H groups in total. The summed E-state index contributed by atoms with van der Waals surface area (Å²) in [5, 5.41) is 0. The van der Waals surface area contributed by atoms with Gasteiger partial charge in [-0.25, -0.2) is 0 Å². The van der Waals surface area contributed by atoms with E-state index in [4.69, 9.17) is 15.0 Å². The summed E-state index contributed by atoms with van der Waals surface area (Å²) in [4.78, 5) is 64.1. The molecule has 12 nitrogen and oxygen atoms in total. The van der Waals surface area contributed by atoms with Crippen LogP contribution < -0.4 is 14.7 Å². The molecule has 3 saturated heterocycles. The highest BCUT2D eigenvalue weighted by molar-refractivity contribution is 5.77. The predicted molar refractivity (Wildman–Crippen MR) is 178 cm³/mol. The van der Waals surface area contributed by atoms with Crippen LogP contribution in [-0.4, -0.2) is 126 Å². The smallest absolute Gasteiger partial charge is 0.232 e. The molecule has 0 bridgehead atoms. The molecule has 3 aliphatic heterocycles. The highest BCUT2D eigenvalue weighted by Crippen LogP contribution is 2.23. The van der Waals surface area contributed by atoms with Crippen LogP contribution in [-0.2, 0) is 14.4 Å². The van der Waals surface area contributed by atoms with Crippen molar-refractivity contribution in [3.63, 3.8) is 0 Å².